The van der Waals surface area contributed by atoms with Crippen molar-refractivity contribution in [1.82, 2.24) is 4.90 Å². The summed E-state index contributed by atoms with van der Waals surface area (Å²) in [5, 5.41) is 10.4. The molecule has 2 aliphatic heterocycles. The van der Waals surface area contributed by atoms with E-state index >= 15 is 0 Å². The van der Waals surface area contributed by atoms with Crippen LogP contribution in [0.3, 0.4) is 0 Å². The summed E-state index contributed by atoms with van der Waals surface area (Å²) in [6.45, 7) is 3.15. The maximum absolute atomic E-state index is 10.4. The molecule has 3 rings (SSSR count). The van der Waals surface area contributed by atoms with E-state index in [0.717, 1.165) is 32.5 Å². The summed E-state index contributed by atoms with van der Waals surface area (Å²) in [6, 6.07) is 0.418. The summed E-state index contributed by atoms with van der Waals surface area (Å²) in [5.74, 6) is 0. The van der Waals surface area contributed by atoms with E-state index in [9.17, 15) is 5.11 Å². The van der Waals surface area contributed by atoms with Crippen molar-refractivity contribution in [2.75, 3.05) is 19.7 Å². The highest BCUT2D eigenvalue weighted by molar-refractivity contribution is 5.05. The first-order valence-electron chi connectivity index (χ1n) is 7.36. The van der Waals surface area contributed by atoms with Crippen molar-refractivity contribution in [2.24, 2.45) is 0 Å². The predicted octanol–water partition coefficient (Wildman–Crippen LogP) is 1.93. The molecule has 1 N–H and O–H groups in total. The second-order valence-corrected chi connectivity index (χ2v) is 6.10. The zero-order valence-corrected chi connectivity index (χ0v) is 10.7. The number of rotatable bonds is 3. The lowest BCUT2D eigenvalue weighted by molar-refractivity contribution is -0.0473. The van der Waals surface area contributed by atoms with Crippen LogP contribution in [0.4, 0.5) is 0 Å². The summed E-state index contributed by atoms with van der Waals surface area (Å²) in [7, 11) is 0. The predicted molar refractivity (Wildman–Crippen MR) is 67.0 cm³/mol. The van der Waals surface area contributed by atoms with E-state index in [0.29, 0.717) is 12.1 Å². The van der Waals surface area contributed by atoms with Gasteiger partial charge in [-0.1, -0.05) is 6.42 Å². The standard InChI is InChI=1S/C14H25NO2/c16-14(7-8-14)13-6-1-3-9-15(13)11-12-5-2-4-10-17-12/h12-13,16H,1-11H2. The monoisotopic (exact) mass is 239 g/mol. The van der Waals surface area contributed by atoms with Gasteiger partial charge in [0.25, 0.3) is 0 Å². The van der Waals surface area contributed by atoms with Crippen molar-refractivity contribution in [3.63, 3.8) is 0 Å². The zero-order valence-electron chi connectivity index (χ0n) is 10.7. The van der Waals surface area contributed by atoms with Gasteiger partial charge in [-0.05, 0) is 51.5 Å². The van der Waals surface area contributed by atoms with E-state index in [2.05, 4.69) is 4.90 Å². The highest BCUT2D eigenvalue weighted by Gasteiger charge is 2.50. The first kappa shape index (κ1) is 11.9. The molecule has 1 saturated carbocycles. The first-order chi connectivity index (χ1) is 8.28. The van der Waals surface area contributed by atoms with E-state index in [-0.39, 0.29) is 5.60 Å². The van der Waals surface area contributed by atoms with Gasteiger partial charge in [0.2, 0.25) is 0 Å². The SMILES string of the molecule is OC1(C2CCCCN2CC2CCCCO2)CC1. The molecule has 0 aromatic rings. The molecule has 17 heavy (non-hydrogen) atoms. The summed E-state index contributed by atoms with van der Waals surface area (Å²) in [4.78, 5) is 2.52. The zero-order chi connectivity index (χ0) is 11.7. The van der Waals surface area contributed by atoms with Gasteiger partial charge in [0.1, 0.15) is 0 Å². The molecule has 0 aromatic carbocycles. The van der Waals surface area contributed by atoms with Crippen LogP contribution in [-0.2, 0) is 4.74 Å². The third-order valence-corrected chi connectivity index (χ3v) is 4.71. The van der Waals surface area contributed by atoms with E-state index in [1.54, 1.807) is 0 Å². The van der Waals surface area contributed by atoms with Gasteiger partial charge in [-0.3, -0.25) is 4.90 Å². The van der Waals surface area contributed by atoms with Crippen molar-refractivity contribution < 1.29 is 9.84 Å². The summed E-state index contributed by atoms with van der Waals surface area (Å²) in [5.41, 5.74) is -0.338. The molecule has 0 aromatic heterocycles. The summed E-state index contributed by atoms with van der Waals surface area (Å²) < 4.78 is 5.84. The maximum atomic E-state index is 10.4. The third-order valence-electron chi connectivity index (χ3n) is 4.71. The van der Waals surface area contributed by atoms with Gasteiger partial charge in [0.15, 0.2) is 0 Å². The number of nitrogens with zero attached hydrogens (tertiary/aromatic N) is 1. The molecule has 0 amide bonds. The lowest BCUT2D eigenvalue weighted by atomic mass is 9.94. The molecule has 1 aliphatic carbocycles. The Morgan fingerprint density at radius 1 is 1.12 bits per heavy atom. The minimum Gasteiger partial charge on any atom is -0.388 e. The van der Waals surface area contributed by atoms with Crippen LogP contribution in [0, 0.1) is 0 Å². The molecule has 0 spiro atoms. The molecule has 2 heterocycles. The van der Waals surface area contributed by atoms with E-state index in [1.807, 2.05) is 0 Å². The molecule has 2 atom stereocenters. The molecule has 3 fully saturated rings. The fourth-order valence-corrected chi connectivity index (χ4v) is 3.49. The number of hydrogen-bond acceptors (Lipinski definition) is 3. The van der Waals surface area contributed by atoms with E-state index in [1.165, 1.54) is 38.5 Å². The molecule has 98 valence electrons. The molecule has 3 aliphatic rings. The van der Waals surface area contributed by atoms with Gasteiger partial charge >= 0.3 is 0 Å². The van der Waals surface area contributed by atoms with Crippen LogP contribution in [0.1, 0.15) is 51.4 Å². The quantitative estimate of drug-likeness (QED) is 0.817. The molecular weight excluding hydrogens is 214 g/mol. The average Bonchev–Trinajstić information content (AvgIpc) is 3.10. The highest BCUT2D eigenvalue weighted by atomic mass is 16.5. The number of likely N-dealkylation sites (tertiary alicyclic amines) is 1. The van der Waals surface area contributed by atoms with Gasteiger partial charge in [0.05, 0.1) is 11.7 Å². The van der Waals surface area contributed by atoms with Crippen molar-refractivity contribution >= 4 is 0 Å². The molecule has 3 heteroatoms. The summed E-state index contributed by atoms with van der Waals surface area (Å²) in [6.07, 6.45) is 9.96. The topological polar surface area (TPSA) is 32.7 Å². The minimum atomic E-state index is -0.338. The Morgan fingerprint density at radius 2 is 1.94 bits per heavy atom. The number of piperidine rings is 1. The van der Waals surface area contributed by atoms with Gasteiger partial charge in [-0.25, -0.2) is 0 Å². The smallest absolute Gasteiger partial charge is 0.0804 e. The molecular formula is C14H25NO2. The normalized spacial score (nSPS) is 37.9. The maximum Gasteiger partial charge on any atom is 0.0804 e. The Kier molecular flexibility index (Phi) is 3.42. The van der Waals surface area contributed by atoms with Crippen LogP contribution in [0.15, 0.2) is 0 Å². The van der Waals surface area contributed by atoms with Crippen LogP contribution in [0.5, 0.6) is 0 Å². The van der Waals surface area contributed by atoms with Crippen LogP contribution in [-0.4, -0.2) is 47.4 Å². The highest BCUT2D eigenvalue weighted by Crippen LogP contribution is 2.44. The van der Waals surface area contributed by atoms with Crippen LogP contribution >= 0.6 is 0 Å². The number of aliphatic hydroxyl groups is 1. The van der Waals surface area contributed by atoms with Crippen molar-refractivity contribution in [2.45, 2.75) is 69.1 Å². The largest absolute Gasteiger partial charge is 0.388 e. The van der Waals surface area contributed by atoms with Gasteiger partial charge < -0.3 is 9.84 Å². The van der Waals surface area contributed by atoms with Crippen LogP contribution in [0.2, 0.25) is 0 Å². The second kappa shape index (κ2) is 4.87. The van der Waals surface area contributed by atoms with Crippen molar-refractivity contribution in [1.29, 1.82) is 0 Å². The number of hydrogen-bond donors (Lipinski definition) is 1. The molecule has 0 radical (unpaired) electrons. The Bertz CT molecular complexity index is 259. The molecule has 2 saturated heterocycles. The number of ether oxygens (including phenoxy) is 1. The fraction of sp³-hybridized carbons (Fsp3) is 1.00. The van der Waals surface area contributed by atoms with Crippen molar-refractivity contribution in [3.8, 4) is 0 Å². The van der Waals surface area contributed by atoms with Gasteiger partial charge in [-0.15, -0.1) is 0 Å². The lowest BCUT2D eigenvalue weighted by Gasteiger charge is -2.41. The Balaban J connectivity index is 1.58. The summed E-state index contributed by atoms with van der Waals surface area (Å²) >= 11 is 0. The second-order valence-electron chi connectivity index (χ2n) is 6.10. The van der Waals surface area contributed by atoms with Gasteiger partial charge in [-0.2, -0.15) is 0 Å². The molecule has 3 nitrogen and oxygen atoms in total. The van der Waals surface area contributed by atoms with Gasteiger partial charge in [0, 0.05) is 19.2 Å². The first-order valence-corrected chi connectivity index (χ1v) is 7.36. The minimum absolute atomic E-state index is 0.338. The van der Waals surface area contributed by atoms with Crippen molar-refractivity contribution in [3.05, 3.63) is 0 Å². The average molecular weight is 239 g/mol. The van der Waals surface area contributed by atoms with Crippen LogP contribution in [0.25, 0.3) is 0 Å². The Hall–Kier alpha value is -0.120. The van der Waals surface area contributed by atoms with E-state index < -0.39 is 0 Å². The molecule has 0 bridgehead atoms. The molecule has 2 unspecified atom stereocenters. The fourth-order valence-electron chi connectivity index (χ4n) is 3.49. The lowest BCUT2D eigenvalue weighted by Crippen LogP contribution is -2.51. The third kappa shape index (κ3) is 2.67. The Morgan fingerprint density at radius 3 is 2.65 bits per heavy atom. The van der Waals surface area contributed by atoms with E-state index in [4.69, 9.17) is 4.74 Å². The van der Waals surface area contributed by atoms with Crippen LogP contribution < -0.4 is 0 Å². The Labute approximate surface area is 104 Å².